The van der Waals surface area contributed by atoms with Gasteiger partial charge in [-0.15, -0.1) is 5.11 Å². The summed E-state index contributed by atoms with van der Waals surface area (Å²) < 4.78 is 53.9. The number of nitrogens with one attached hydrogen (secondary N) is 1. The number of hydrogen-bond acceptors (Lipinski definition) is 9. The molecule has 1 atom stereocenters. The standard InChI is InChI=1S/C23H19N3O5S.2C2H6.H2O3S/c27-22-20-16(10-7-13-18(20)24-23(28)15-8-3-1-4-9-15)14-19(32(29,30)31)21(22)26-25-17-11-5-2-6-12-17;2*1-2;1-4(2)3/h1-14,27,29-31H,(H,24,28);2*1-2H3;(H2,1,2,3)/p-1. The van der Waals surface area contributed by atoms with Crippen LogP contribution in [0.2, 0.25) is 0 Å². The van der Waals surface area contributed by atoms with E-state index in [2.05, 4.69) is 15.5 Å². The molecular formula is C27H32N3O8S2-. The fourth-order valence-corrected chi connectivity index (χ4v) is 3.88. The molecule has 0 aliphatic rings. The van der Waals surface area contributed by atoms with E-state index in [9.17, 15) is 23.6 Å². The molecule has 6 N–H and O–H groups in total. The molecule has 0 saturated heterocycles. The molecule has 0 bridgehead atoms. The summed E-state index contributed by atoms with van der Waals surface area (Å²) in [6.45, 7) is 8.00. The summed E-state index contributed by atoms with van der Waals surface area (Å²) >= 11 is -2.86. The lowest BCUT2D eigenvalue weighted by Crippen LogP contribution is -2.12. The number of azo groups is 1. The van der Waals surface area contributed by atoms with E-state index in [4.69, 9.17) is 13.3 Å². The molecule has 216 valence electrons. The Labute approximate surface area is 236 Å². The first kappa shape index (κ1) is 34.3. The van der Waals surface area contributed by atoms with E-state index >= 15 is 0 Å². The van der Waals surface area contributed by atoms with Crippen LogP contribution in [0, 0.1) is 0 Å². The summed E-state index contributed by atoms with van der Waals surface area (Å²) in [4.78, 5) is 12.3. The smallest absolute Gasteiger partial charge is 0.255 e. The van der Waals surface area contributed by atoms with Crippen molar-refractivity contribution in [3.05, 3.63) is 90.5 Å². The van der Waals surface area contributed by atoms with Gasteiger partial charge in [-0.05, 0) is 41.8 Å². The maximum absolute atomic E-state index is 12.6. The zero-order valence-electron chi connectivity index (χ0n) is 22.3. The van der Waals surface area contributed by atoms with Crippen molar-refractivity contribution < 1.29 is 36.9 Å². The van der Waals surface area contributed by atoms with Gasteiger partial charge in [-0.3, -0.25) is 4.79 Å². The van der Waals surface area contributed by atoms with Gasteiger partial charge in [0.25, 0.3) is 5.91 Å². The Morgan fingerprint density at radius 1 is 0.850 bits per heavy atom. The number of aromatic hydroxyl groups is 1. The Balaban J connectivity index is 0.000000902. The second-order valence-electron chi connectivity index (χ2n) is 7.07. The van der Waals surface area contributed by atoms with E-state index in [-0.39, 0.29) is 27.6 Å². The lowest BCUT2D eigenvalue weighted by molar-refractivity contribution is 0.102. The first-order valence-corrected chi connectivity index (χ1v) is 14.5. The van der Waals surface area contributed by atoms with Gasteiger partial charge in [0.2, 0.25) is 0 Å². The third-order valence-electron chi connectivity index (χ3n) is 4.68. The lowest BCUT2D eigenvalue weighted by Gasteiger charge is -2.22. The molecule has 11 nitrogen and oxygen atoms in total. The van der Waals surface area contributed by atoms with Crippen LogP contribution < -0.4 is 5.32 Å². The number of phenolic OH excluding ortho intramolecular Hbond substituents is 1. The van der Waals surface area contributed by atoms with E-state index in [1.54, 1.807) is 78.9 Å². The summed E-state index contributed by atoms with van der Waals surface area (Å²) in [5, 5.41) is 22.3. The van der Waals surface area contributed by atoms with Crippen LogP contribution in [0.25, 0.3) is 10.8 Å². The van der Waals surface area contributed by atoms with Gasteiger partial charge in [-0.25, -0.2) is 4.21 Å². The number of amides is 1. The summed E-state index contributed by atoms with van der Waals surface area (Å²) in [5.41, 5.74) is 0.850. The van der Waals surface area contributed by atoms with Crippen molar-refractivity contribution in [2.45, 2.75) is 32.6 Å². The molecule has 4 rings (SSSR count). The number of carbonyl (C=O) groups excluding carboxylic acids is 1. The van der Waals surface area contributed by atoms with Crippen molar-refractivity contribution in [2.24, 2.45) is 10.2 Å². The van der Waals surface area contributed by atoms with Gasteiger partial charge in [0.15, 0.2) is 5.75 Å². The quantitative estimate of drug-likeness (QED) is 0.0987. The second-order valence-corrected chi connectivity index (χ2v) is 8.98. The van der Waals surface area contributed by atoms with Crippen LogP contribution in [0.15, 0.2) is 100 Å². The third-order valence-corrected chi connectivity index (χ3v) is 5.58. The van der Waals surface area contributed by atoms with Gasteiger partial charge < -0.3 is 33.2 Å². The van der Waals surface area contributed by atoms with Crippen molar-refractivity contribution in [3.63, 3.8) is 0 Å². The number of carbonyl (C=O) groups is 1. The van der Waals surface area contributed by atoms with Crippen LogP contribution in [0.4, 0.5) is 17.1 Å². The highest BCUT2D eigenvalue weighted by Gasteiger charge is 2.26. The van der Waals surface area contributed by atoms with Crippen LogP contribution in [-0.2, 0) is 11.4 Å². The van der Waals surface area contributed by atoms with Gasteiger partial charge in [-0.1, -0.05) is 76.2 Å². The Hall–Kier alpha value is -3.69. The number of fused-ring (bicyclic) bond motifs is 1. The van der Waals surface area contributed by atoms with Crippen molar-refractivity contribution in [3.8, 4) is 5.75 Å². The number of phenols is 1. The highest BCUT2D eigenvalue weighted by molar-refractivity contribution is 8.19. The van der Waals surface area contributed by atoms with Crippen molar-refractivity contribution in [1.82, 2.24) is 0 Å². The Kier molecular flexibility index (Phi) is 14.7. The van der Waals surface area contributed by atoms with E-state index < -0.39 is 28.0 Å². The predicted molar refractivity (Wildman–Crippen MR) is 159 cm³/mol. The lowest BCUT2D eigenvalue weighted by atomic mass is 10.1. The topological polar surface area (TPSA) is 195 Å². The van der Waals surface area contributed by atoms with Gasteiger partial charge in [0.05, 0.1) is 27.6 Å². The van der Waals surface area contributed by atoms with E-state index in [0.29, 0.717) is 16.6 Å². The van der Waals surface area contributed by atoms with Gasteiger partial charge in [0.1, 0.15) is 16.6 Å². The minimum atomic E-state index is -4.23. The maximum Gasteiger partial charge on any atom is 0.255 e. The summed E-state index contributed by atoms with van der Waals surface area (Å²) in [7, 11) is -4.23. The molecule has 40 heavy (non-hydrogen) atoms. The number of anilines is 1. The molecule has 1 unspecified atom stereocenters. The fraction of sp³-hybridized carbons (Fsp3) is 0.148. The second kappa shape index (κ2) is 17.1. The van der Waals surface area contributed by atoms with Crippen molar-refractivity contribution in [1.29, 1.82) is 0 Å². The molecular weight excluding hydrogens is 558 g/mol. The predicted octanol–water partition coefficient (Wildman–Crippen LogP) is 8.19. The molecule has 0 fully saturated rings. The molecule has 13 heteroatoms. The average Bonchev–Trinajstić information content (AvgIpc) is 2.95. The number of hydrogen-bond donors (Lipinski definition) is 6. The maximum atomic E-state index is 12.6. The Bertz CT molecular complexity index is 1410. The van der Waals surface area contributed by atoms with E-state index in [1.165, 1.54) is 6.07 Å². The number of benzene rings is 4. The molecule has 0 spiro atoms. The molecule has 1 amide bonds. The molecule has 4 aromatic carbocycles. The van der Waals surface area contributed by atoms with Gasteiger partial charge in [-0.2, -0.15) is 5.11 Å². The molecule has 0 aliphatic carbocycles. The molecule has 0 heterocycles. The van der Waals surface area contributed by atoms with Crippen LogP contribution in [0.5, 0.6) is 5.75 Å². The normalized spacial score (nSPS) is 11.6. The molecule has 0 aromatic heterocycles. The average molecular weight is 591 g/mol. The molecule has 4 aromatic rings. The van der Waals surface area contributed by atoms with Crippen molar-refractivity contribution in [2.75, 3.05) is 5.32 Å². The minimum Gasteiger partial charge on any atom is -0.750 e. The minimum absolute atomic E-state index is 0.214. The molecule has 0 saturated carbocycles. The number of nitrogens with zero attached hydrogens (tertiary/aromatic N) is 2. The molecule has 0 radical (unpaired) electrons. The van der Waals surface area contributed by atoms with Crippen LogP contribution in [-0.4, -0.2) is 38.0 Å². The van der Waals surface area contributed by atoms with Crippen LogP contribution in [0.3, 0.4) is 0 Å². The van der Waals surface area contributed by atoms with E-state index in [1.807, 2.05) is 27.7 Å². The van der Waals surface area contributed by atoms with Gasteiger partial charge in [0, 0.05) is 10.9 Å². The Morgan fingerprint density at radius 3 is 1.90 bits per heavy atom. The third kappa shape index (κ3) is 10.1. The summed E-state index contributed by atoms with van der Waals surface area (Å²) in [6, 6.07) is 23.3. The summed E-state index contributed by atoms with van der Waals surface area (Å²) in [6.07, 6.45) is 0. The van der Waals surface area contributed by atoms with Gasteiger partial charge >= 0.3 is 0 Å². The monoisotopic (exact) mass is 590 g/mol. The highest BCUT2D eigenvalue weighted by Crippen LogP contribution is 2.55. The zero-order chi connectivity index (χ0) is 30.3. The largest absolute Gasteiger partial charge is 0.750 e. The highest BCUT2D eigenvalue weighted by atomic mass is 32.3. The zero-order valence-corrected chi connectivity index (χ0v) is 23.9. The van der Waals surface area contributed by atoms with E-state index in [0.717, 1.165) is 0 Å². The fourth-order valence-electron chi connectivity index (χ4n) is 3.20. The van der Waals surface area contributed by atoms with Crippen molar-refractivity contribution >= 4 is 56.0 Å². The summed E-state index contributed by atoms with van der Waals surface area (Å²) in [5.74, 6) is -0.851. The SMILES string of the molecule is CC.CC.O=C(Nc1cccc2cc(S(O)(O)O)c(N=Nc3ccccc3)c(O)c12)c1ccccc1.O=S([O-])O. The first-order valence-electron chi connectivity index (χ1n) is 12.0. The van der Waals surface area contributed by atoms with Crippen LogP contribution in [0.1, 0.15) is 38.1 Å². The van der Waals surface area contributed by atoms with Crippen LogP contribution >= 0.6 is 10.9 Å². The molecule has 0 aliphatic heterocycles. The first-order chi connectivity index (χ1) is 19.1. The number of rotatable bonds is 5. The Morgan fingerprint density at radius 2 is 1.38 bits per heavy atom.